The molecule has 1 atom stereocenters. The van der Waals surface area contributed by atoms with Crippen LogP contribution in [0.4, 0.5) is 5.95 Å². The van der Waals surface area contributed by atoms with Crippen LogP contribution in [-0.4, -0.2) is 45.8 Å². The summed E-state index contributed by atoms with van der Waals surface area (Å²) in [6.45, 7) is 13.4. The summed E-state index contributed by atoms with van der Waals surface area (Å²) in [6.07, 6.45) is 10.5. The Morgan fingerprint density at radius 1 is 1.14 bits per heavy atom. The van der Waals surface area contributed by atoms with Crippen molar-refractivity contribution in [2.45, 2.75) is 73.3 Å². The molecule has 0 saturated heterocycles. The number of Topliss-reactive ketones (excluding diaryl/α,β-unsaturated/α-hetero) is 1. The maximum Gasteiger partial charge on any atom is 0.253 e. The second-order valence-electron chi connectivity index (χ2n) is 11.0. The highest BCUT2D eigenvalue weighted by Gasteiger charge is 2.20. The highest BCUT2D eigenvalue weighted by molar-refractivity contribution is 5.98. The average Bonchev–Trinajstić information content (AvgIpc) is 3.20. The van der Waals surface area contributed by atoms with Gasteiger partial charge in [-0.25, -0.2) is 4.98 Å². The van der Waals surface area contributed by atoms with Crippen molar-refractivity contribution in [3.05, 3.63) is 47.7 Å². The number of rotatable bonds is 14. The molecule has 3 N–H and O–H groups in total. The van der Waals surface area contributed by atoms with Crippen molar-refractivity contribution < 1.29 is 9.59 Å². The number of allylic oxidation sites excluding steroid dienone is 3. The molecule has 7 nitrogen and oxygen atoms in total. The third-order valence-electron chi connectivity index (χ3n) is 6.95. The van der Waals surface area contributed by atoms with E-state index in [-0.39, 0.29) is 17.6 Å². The first kappa shape index (κ1) is 28.6. The number of aromatic nitrogens is 2. The molecule has 0 fully saturated rings. The molecule has 0 aliphatic heterocycles. The largest absolute Gasteiger partial charge is 0.339 e. The normalized spacial score (nSPS) is 15.5. The predicted octanol–water partition coefficient (Wildman–Crippen LogP) is 5.77. The fourth-order valence-electron chi connectivity index (χ4n) is 4.46. The van der Waals surface area contributed by atoms with E-state index in [4.69, 9.17) is 10.7 Å². The van der Waals surface area contributed by atoms with E-state index in [1.807, 2.05) is 41.3 Å². The molecule has 1 amide bonds. The lowest BCUT2D eigenvalue weighted by atomic mass is 9.96. The van der Waals surface area contributed by atoms with Crippen LogP contribution in [0.5, 0.6) is 0 Å². The zero-order valence-electron chi connectivity index (χ0n) is 23.3. The zero-order chi connectivity index (χ0) is 26.9. The number of hydrogen-bond acceptors (Lipinski definition) is 5. The first-order valence-electron chi connectivity index (χ1n) is 13.8. The summed E-state index contributed by atoms with van der Waals surface area (Å²) in [4.78, 5) is 32.2. The first-order valence-corrected chi connectivity index (χ1v) is 13.8. The molecule has 1 unspecified atom stereocenters. The van der Waals surface area contributed by atoms with E-state index in [1.54, 1.807) is 6.92 Å². The van der Waals surface area contributed by atoms with Gasteiger partial charge < -0.3 is 20.5 Å². The molecule has 1 aromatic carbocycles. The number of carbonyl (C=O) groups is 2. The molecule has 2 aromatic rings. The topological polar surface area (TPSA) is 93.2 Å². The number of nitrogens with one attached hydrogen (secondary N) is 1. The molecule has 1 aromatic heterocycles. The van der Waals surface area contributed by atoms with Gasteiger partial charge in [0.15, 0.2) is 0 Å². The molecule has 1 heterocycles. The zero-order valence-corrected chi connectivity index (χ0v) is 23.3. The highest BCUT2D eigenvalue weighted by atomic mass is 16.2. The fraction of sp³-hybridized carbons (Fsp3) is 0.567. The molecule has 37 heavy (non-hydrogen) atoms. The van der Waals surface area contributed by atoms with Crippen LogP contribution in [-0.2, 0) is 11.3 Å². The van der Waals surface area contributed by atoms with Crippen molar-refractivity contribution in [1.82, 2.24) is 14.5 Å². The third kappa shape index (κ3) is 8.03. The van der Waals surface area contributed by atoms with Crippen molar-refractivity contribution in [2.24, 2.45) is 23.5 Å². The number of amides is 1. The molecule has 202 valence electrons. The van der Waals surface area contributed by atoms with Gasteiger partial charge in [0.05, 0.1) is 11.0 Å². The fourth-order valence-corrected chi connectivity index (χ4v) is 4.46. The first-order chi connectivity index (χ1) is 17.7. The lowest BCUT2D eigenvalue weighted by Crippen LogP contribution is -2.34. The Bertz CT molecular complexity index is 1120. The quantitative estimate of drug-likeness (QED) is 0.317. The van der Waals surface area contributed by atoms with Gasteiger partial charge in [0.25, 0.3) is 5.91 Å². The Balaban J connectivity index is 1.90. The second-order valence-corrected chi connectivity index (χ2v) is 11.0. The van der Waals surface area contributed by atoms with Gasteiger partial charge in [0, 0.05) is 36.8 Å². The van der Waals surface area contributed by atoms with E-state index in [0.717, 1.165) is 68.0 Å². The standard InChI is InChI=1S/C30H45N5O2/c1-21(2)14-18-34(19-15-22(3)4)29(37)25-10-13-27-28(20-25)35(17-7-6-16-31)30(33-27)32-26-11-8-24(9-12-26)23(5)36/h8,10-13,20-22,24H,6-7,9,14-19,31H2,1-5H3,(H,32,33). The number of fused-ring (bicyclic) bond motifs is 1. The van der Waals surface area contributed by atoms with E-state index in [2.05, 4.69) is 37.6 Å². The smallest absolute Gasteiger partial charge is 0.253 e. The summed E-state index contributed by atoms with van der Waals surface area (Å²) in [5, 5.41) is 3.45. The van der Waals surface area contributed by atoms with Crippen LogP contribution >= 0.6 is 0 Å². The minimum absolute atomic E-state index is 0.0585. The van der Waals surface area contributed by atoms with Crippen molar-refractivity contribution in [3.8, 4) is 0 Å². The van der Waals surface area contributed by atoms with Crippen molar-refractivity contribution in [1.29, 1.82) is 0 Å². The molecule has 3 rings (SSSR count). The molecule has 7 heteroatoms. The van der Waals surface area contributed by atoms with Crippen LogP contribution in [0.25, 0.3) is 11.0 Å². The SMILES string of the molecule is CC(=O)C1C=CC(Nc2nc3ccc(C(=O)N(CCC(C)C)CCC(C)C)cc3n2CCCCN)=CC1. The van der Waals surface area contributed by atoms with E-state index >= 15 is 0 Å². The Hall–Kier alpha value is -2.93. The maximum absolute atomic E-state index is 13.6. The Morgan fingerprint density at radius 2 is 1.84 bits per heavy atom. The van der Waals surface area contributed by atoms with Crippen LogP contribution in [0.15, 0.2) is 42.1 Å². The summed E-state index contributed by atoms with van der Waals surface area (Å²) in [5.41, 5.74) is 9.19. The van der Waals surface area contributed by atoms with Crippen LogP contribution in [0.1, 0.15) is 77.1 Å². The molecule has 0 saturated carbocycles. The number of imidazole rings is 1. The molecule has 0 spiro atoms. The average molecular weight is 508 g/mol. The Morgan fingerprint density at radius 3 is 2.41 bits per heavy atom. The van der Waals surface area contributed by atoms with Gasteiger partial charge in [-0.15, -0.1) is 0 Å². The van der Waals surface area contributed by atoms with E-state index in [1.165, 1.54) is 0 Å². The number of ketones is 1. The maximum atomic E-state index is 13.6. The van der Waals surface area contributed by atoms with Crippen LogP contribution in [0.2, 0.25) is 0 Å². The summed E-state index contributed by atoms with van der Waals surface area (Å²) in [5.74, 6) is 2.03. The van der Waals surface area contributed by atoms with Gasteiger partial charge >= 0.3 is 0 Å². The van der Waals surface area contributed by atoms with Crippen LogP contribution in [0.3, 0.4) is 0 Å². The Kier molecular flexibility index (Phi) is 10.5. The lowest BCUT2D eigenvalue weighted by molar-refractivity contribution is -0.119. The van der Waals surface area contributed by atoms with Gasteiger partial charge in [-0.3, -0.25) is 9.59 Å². The van der Waals surface area contributed by atoms with Crippen molar-refractivity contribution >= 4 is 28.7 Å². The number of anilines is 1. The molecular weight excluding hydrogens is 462 g/mol. The minimum Gasteiger partial charge on any atom is -0.339 e. The van der Waals surface area contributed by atoms with Gasteiger partial charge in [-0.05, 0) is 81.7 Å². The van der Waals surface area contributed by atoms with Gasteiger partial charge in [-0.2, -0.15) is 0 Å². The second kappa shape index (κ2) is 13.6. The number of hydrogen-bond donors (Lipinski definition) is 2. The third-order valence-corrected chi connectivity index (χ3v) is 6.95. The van der Waals surface area contributed by atoms with Crippen molar-refractivity contribution in [2.75, 3.05) is 25.0 Å². The highest BCUT2D eigenvalue weighted by Crippen LogP contribution is 2.26. The van der Waals surface area contributed by atoms with Gasteiger partial charge in [-0.1, -0.05) is 39.8 Å². The van der Waals surface area contributed by atoms with E-state index in [9.17, 15) is 9.59 Å². The van der Waals surface area contributed by atoms with E-state index < -0.39 is 0 Å². The van der Waals surface area contributed by atoms with Crippen molar-refractivity contribution in [3.63, 3.8) is 0 Å². The Labute approximate surface area is 222 Å². The summed E-state index contributed by atoms with van der Waals surface area (Å²) in [6, 6.07) is 5.85. The number of unbranched alkanes of at least 4 members (excludes halogenated alkanes) is 1. The summed E-state index contributed by atoms with van der Waals surface area (Å²) in [7, 11) is 0. The number of aryl methyl sites for hydroxylation is 1. The number of benzene rings is 1. The monoisotopic (exact) mass is 507 g/mol. The van der Waals surface area contributed by atoms with Gasteiger partial charge in [0.2, 0.25) is 5.95 Å². The minimum atomic E-state index is -0.0585. The molecule has 0 bridgehead atoms. The molecule has 0 radical (unpaired) electrons. The van der Waals surface area contributed by atoms with Crippen LogP contribution in [0, 0.1) is 17.8 Å². The predicted molar refractivity (Wildman–Crippen MR) is 152 cm³/mol. The molecular formula is C30H45N5O2. The number of nitrogens with two attached hydrogens (primary N) is 1. The molecule has 1 aliphatic carbocycles. The van der Waals surface area contributed by atoms with E-state index in [0.29, 0.717) is 30.4 Å². The van der Waals surface area contributed by atoms with Crippen LogP contribution < -0.4 is 11.1 Å². The number of carbonyl (C=O) groups excluding carboxylic acids is 2. The summed E-state index contributed by atoms with van der Waals surface area (Å²) < 4.78 is 2.15. The lowest BCUT2D eigenvalue weighted by Gasteiger charge is -2.24. The summed E-state index contributed by atoms with van der Waals surface area (Å²) >= 11 is 0. The van der Waals surface area contributed by atoms with Gasteiger partial charge in [0.1, 0.15) is 5.78 Å². The number of nitrogens with zero attached hydrogens (tertiary/aromatic N) is 3. The molecule has 1 aliphatic rings.